The lowest BCUT2D eigenvalue weighted by molar-refractivity contribution is -0.131. The van der Waals surface area contributed by atoms with Gasteiger partial charge in [0.1, 0.15) is 0 Å². The van der Waals surface area contributed by atoms with Crippen molar-refractivity contribution >= 4 is 29.3 Å². The molecule has 0 radical (unpaired) electrons. The Hall–Kier alpha value is -1.62. The van der Waals surface area contributed by atoms with Gasteiger partial charge in [0.15, 0.2) is 0 Å². The number of nitrogens with one attached hydrogen (secondary N) is 1. The normalized spacial score (nSPS) is 10.5. The highest BCUT2D eigenvalue weighted by Crippen LogP contribution is 2.23. The molecule has 1 rings (SSSR count). The molecule has 0 saturated carbocycles. The second-order valence-electron chi connectivity index (χ2n) is 2.91. The molecular weight excluding hydrogens is 214 g/mol. The first-order chi connectivity index (χ1) is 7.04. The second kappa shape index (κ2) is 4.75. The van der Waals surface area contributed by atoms with E-state index in [9.17, 15) is 9.59 Å². The summed E-state index contributed by atoms with van der Waals surface area (Å²) in [6.45, 7) is 1.84. The van der Waals surface area contributed by atoms with Gasteiger partial charge < -0.3 is 10.4 Å². The highest BCUT2D eigenvalue weighted by atomic mass is 32.1. The molecular formula is C10H11NO3S. The van der Waals surface area contributed by atoms with E-state index in [-0.39, 0.29) is 5.91 Å². The maximum Gasteiger partial charge on any atom is 0.328 e. The van der Waals surface area contributed by atoms with Gasteiger partial charge in [0.05, 0.1) is 4.88 Å². The van der Waals surface area contributed by atoms with E-state index < -0.39 is 5.97 Å². The van der Waals surface area contributed by atoms with Crippen LogP contribution in [-0.2, 0) is 4.79 Å². The van der Waals surface area contributed by atoms with Gasteiger partial charge in [-0.2, -0.15) is 0 Å². The van der Waals surface area contributed by atoms with E-state index in [0.717, 1.165) is 16.5 Å². The van der Waals surface area contributed by atoms with Crippen molar-refractivity contribution in [2.24, 2.45) is 0 Å². The summed E-state index contributed by atoms with van der Waals surface area (Å²) in [4.78, 5) is 23.0. The van der Waals surface area contributed by atoms with Crippen molar-refractivity contribution in [1.29, 1.82) is 0 Å². The fraction of sp³-hybridized carbons (Fsp3) is 0.200. The summed E-state index contributed by atoms with van der Waals surface area (Å²) in [7, 11) is 1.56. The lowest BCUT2D eigenvalue weighted by atomic mass is 10.2. The fourth-order valence-electron chi connectivity index (χ4n) is 1.04. The number of hydrogen-bond acceptors (Lipinski definition) is 3. The summed E-state index contributed by atoms with van der Waals surface area (Å²) in [5, 5.41) is 11.0. The number of carbonyl (C=O) groups is 2. The number of rotatable bonds is 3. The van der Waals surface area contributed by atoms with Crippen LogP contribution in [0.1, 0.15) is 20.1 Å². The zero-order chi connectivity index (χ0) is 11.4. The Bertz CT molecular complexity index is 420. The van der Waals surface area contributed by atoms with Crippen LogP contribution < -0.4 is 5.32 Å². The molecule has 80 valence electrons. The third-order valence-corrected chi connectivity index (χ3v) is 2.99. The van der Waals surface area contributed by atoms with E-state index in [4.69, 9.17) is 5.11 Å². The van der Waals surface area contributed by atoms with E-state index in [1.807, 2.05) is 6.92 Å². The molecule has 1 aromatic heterocycles. The van der Waals surface area contributed by atoms with E-state index >= 15 is 0 Å². The van der Waals surface area contributed by atoms with Gasteiger partial charge in [0, 0.05) is 18.0 Å². The van der Waals surface area contributed by atoms with Crippen LogP contribution in [0, 0.1) is 6.92 Å². The first kappa shape index (κ1) is 11.5. The molecule has 2 N–H and O–H groups in total. The van der Waals surface area contributed by atoms with Crippen molar-refractivity contribution in [3.05, 3.63) is 27.5 Å². The molecule has 0 unspecified atom stereocenters. The van der Waals surface area contributed by atoms with E-state index in [1.165, 1.54) is 17.4 Å². The molecule has 15 heavy (non-hydrogen) atoms. The summed E-state index contributed by atoms with van der Waals surface area (Å²) in [6.07, 6.45) is 2.56. The molecule has 0 saturated heterocycles. The molecule has 0 aliphatic heterocycles. The summed E-state index contributed by atoms with van der Waals surface area (Å²) < 4.78 is 0. The Labute approximate surface area is 91.2 Å². The highest BCUT2D eigenvalue weighted by molar-refractivity contribution is 7.15. The molecule has 0 bridgehead atoms. The first-order valence-corrected chi connectivity index (χ1v) is 5.09. The van der Waals surface area contributed by atoms with Crippen LogP contribution in [0.2, 0.25) is 0 Å². The second-order valence-corrected chi connectivity index (χ2v) is 3.99. The number of amides is 1. The lowest BCUT2D eigenvalue weighted by Crippen LogP contribution is -2.16. The average Bonchev–Trinajstić information content (AvgIpc) is 2.55. The minimum atomic E-state index is -0.996. The number of carboxylic acids is 1. The van der Waals surface area contributed by atoms with Gasteiger partial charge in [-0.05, 0) is 24.6 Å². The van der Waals surface area contributed by atoms with Crippen LogP contribution in [0.3, 0.4) is 0 Å². The monoisotopic (exact) mass is 225 g/mol. The third kappa shape index (κ3) is 2.92. The molecule has 5 heteroatoms. The Morgan fingerprint density at radius 3 is 2.73 bits per heavy atom. The van der Waals surface area contributed by atoms with E-state index in [0.29, 0.717) is 4.88 Å². The van der Waals surface area contributed by atoms with E-state index in [1.54, 1.807) is 13.1 Å². The van der Waals surface area contributed by atoms with Gasteiger partial charge in [-0.1, -0.05) is 0 Å². The maximum absolute atomic E-state index is 11.3. The molecule has 0 aliphatic carbocycles. The SMILES string of the molecule is CNC(=O)c1cc(C)c(C=CC(=O)O)s1. The van der Waals surface area contributed by atoms with Crippen molar-refractivity contribution in [3.8, 4) is 0 Å². The van der Waals surface area contributed by atoms with Gasteiger partial charge in [-0.15, -0.1) is 11.3 Å². The minimum absolute atomic E-state index is 0.155. The molecule has 0 fully saturated rings. The highest BCUT2D eigenvalue weighted by Gasteiger charge is 2.09. The molecule has 0 spiro atoms. The van der Waals surface area contributed by atoms with Crippen LogP contribution >= 0.6 is 11.3 Å². The number of carboxylic acid groups (broad SMARTS) is 1. The topological polar surface area (TPSA) is 66.4 Å². The third-order valence-electron chi connectivity index (χ3n) is 1.78. The first-order valence-electron chi connectivity index (χ1n) is 4.28. The average molecular weight is 225 g/mol. The predicted octanol–water partition coefficient (Wildman–Crippen LogP) is 1.51. The number of thiophene rings is 1. The van der Waals surface area contributed by atoms with Gasteiger partial charge in [-0.3, -0.25) is 4.79 Å². The van der Waals surface area contributed by atoms with Crippen LogP contribution in [-0.4, -0.2) is 24.0 Å². The molecule has 1 aromatic rings. The summed E-state index contributed by atoms with van der Waals surface area (Å²) in [5.41, 5.74) is 0.899. The maximum atomic E-state index is 11.3. The Morgan fingerprint density at radius 2 is 2.20 bits per heavy atom. The predicted molar refractivity (Wildman–Crippen MR) is 59.1 cm³/mol. The van der Waals surface area contributed by atoms with Crippen molar-refractivity contribution in [1.82, 2.24) is 5.32 Å². The summed E-state index contributed by atoms with van der Waals surface area (Å²) in [6, 6.07) is 1.74. The standard InChI is InChI=1S/C10H11NO3S/c1-6-5-8(10(14)11-2)15-7(6)3-4-9(12)13/h3-5H,1-2H3,(H,11,14)(H,12,13). The Balaban J connectivity index is 2.96. The number of aliphatic carboxylic acids is 1. The molecule has 0 aliphatic rings. The van der Waals surface area contributed by atoms with Crippen molar-refractivity contribution in [2.75, 3.05) is 7.05 Å². The Kier molecular flexibility index (Phi) is 3.62. The summed E-state index contributed by atoms with van der Waals surface area (Å²) >= 11 is 1.27. The van der Waals surface area contributed by atoms with Crippen LogP contribution in [0.15, 0.2) is 12.1 Å². The van der Waals surface area contributed by atoms with Crippen LogP contribution in [0.5, 0.6) is 0 Å². The molecule has 0 aromatic carbocycles. The zero-order valence-electron chi connectivity index (χ0n) is 8.40. The molecule has 1 amide bonds. The smallest absolute Gasteiger partial charge is 0.328 e. The van der Waals surface area contributed by atoms with Crippen LogP contribution in [0.25, 0.3) is 6.08 Å². The molecule has 1 heterocycles. The Morgan fingerprint density at radius 1 is 1.53 bits per heavy atom. The number of aryl methyl sites for hydroxylation is 1. The largest absolute Gasteiger partial charge is 0.478 e. The van der Waals surface area contributed by atoms with Crippen LogP contribution in [0.4, 0.5) is 0 Å². The van der Waals surface area contributed by atoms with Gasteiger partial charge in [0.2, 0.25) is 0 Å². The van der Waals surface area contributed by atoms with Gasteiger partial charge in [0.25, 0.3) is 5.91 Å². The number of carbonyl (C=O) groups excluding carboxylic acids is 1. The van der Waals surface area contributed by atoms with E-state index in [2.05, 4.69) is 5.32 Å². The zero-order valence-corrected chi connectivity index (χ0v) is 9.22. The number of hydrogen-bond donors (Lipinski definition) is 2. The quantitative estimate of drug-likeness (QED) is 0.766. The van der Waals surface area contributed by atoms with Crippen molar-refractivity contribution < 1.29 is 14.7 Å². The fourth-order valence-corrected chi connectivity index (χ4v) is 2.07. The lowest BCUT2D eigenvalue weighted by Gasteiger charge is -1.91. The molecule has 4 nitrogen and oxygen atoms in total. The van der Waals surface area contributed by atoms with Crippen molar-refractivity contribution in [3.63, 3.8) is 0 Å². The van der Waals surface area contributed by atoms with Gasteiger partial charge in [-0.25, -0.2) is 4.79 Å². The minimum Gasteiger partial charge on any atom is -0.478 e. The molecule has 0 atom stereocenters. The van der Waals surface area contributed by atoms with Gasteiger partial charge >= 0.3 is 5.97 Å². The van der Waals surface area contributed by atoms with Crippen molar-refractivity contribution in [2.45, 2.75) is 6.92 Å². The summed E-state index contributed by atoms with van der Waals surface area (Å²) in [5.74, 6) is -1.15.